The number of methoxy groups -OCH3 is 1. The maximum atomic E-state index is 14.0. The van der Waals surface area contributed by atoms with Crippen LogP contribution in [0.4, 0.5) is 4.39 Å². The average molecular weight is 395 g/mol. The number of esters is 1. The van der Waals surface area contributed by atoms with Crippen molar-refractivity contribution in [2.24, 2.45) is 0 Å². The van der Waals surface area contributed by atoms with Crippen molar-refractivity contribution in [1.82, 2.24) is 4.57 Å². The third-order valence-corrected chi connectivity index (χ3v) is 4.79. The molecule has 0 unspecified atom stereocenters. The van der Waals surface area contributed by atoms with Gasteiger partial charge in [0.15, 0.2) is 6.61 Å². The van der Waals surface area contributed by atoms with Crippen molar-refractivity contribution >= 4 is 11.8 Å². The standard InChI is InChI=1S/C23H22FNO4/c1-15-11-20(16(2)25(15)13-17-7-5-4-6-8-17)22(26)14-29-23(27)19-10-9-18(28-3)12-21(19)24/h4-12H,13-14H2,1-3H3. The number of hydrogen-bond acceptors (Lipinski definition) is 4. The first-order valence-corrected chi connectivity index (χ1v) is 9.15. The average Bonchev–Trinajstić information content (AvgIpc) is 3.00. The van der Waals surface area contributed by atoms with E-state index in [9.17, 15) is 14.0 Å². The minimum absolute atomic E-state index is 0.242. The molecule has 150 valence electrons. The van der Waals surface area contributed by atoms with Crippen molar-refractivity contribution in [2.75, 3.05) is 13.7 Å². The number of nitrogens with zero attached hydrogens (tertiary/aromatic N) is 1. The summed E-state index contributed by atoms with van der Waals surface area (Å²) < 4.78 is 26.0. The predicted molar refractivity (Wildman–Crippen MR) is 107 cm³/mol. The van der Waals surface area contributed by atoms with Gasteiger partial charge in [-0.2, -0.15) is 0 Å². The van der Waals surface area contributed by atoms with E-state index in [0.717, 1.165) is 23.0 Å². The normalized spacial score (nSPS) is 10.6. The molecule has 1 aromatic heterocycles. The smallest absolute Gasteiger partial charge is 0.341 e. The fraction of sp³-hybridized carbons (Fsp3) is 0.217. The molecule has 0 atom stereocenters. The fourth-order valence-electron chi connectivity index (χ4n) is 3.17. The van der Waals surface area contributed by atoms with Gasteiger partial charge in [-0.05, 0) is 37.6 Å². The monoisotopic (exact) mass is 395 g/mol. The van der Waals surface area contributed by atoms with Crippen LogP contribution in [0.5, 0.6) is 5.75 Å². The van der Waals surface area contributed by atoms with Gasteiger partial charge in [-0.1, -0.05) is 30.3 Å². The lowest BCUT2D eigenvalue weighted by atomic mass is 10.1. The molecule has 3 rings (SSSR count). The Bertz CT molecular complexity index is 1040. The van der Waals surface area contributed by atoms with Crippen LogP contribution in [-0.2, 0) is 11.3 Å². The van der Waals surface area contributed by atoms with Crippen molar-refractivity contribution in [1.29, 1.82) is 0 Å². The van der Waals surface area contributed by atoms with Crippen LogP contribution in [0, 0.1) is 19.7 Å². The summed E-state index contributed by atoms with van der Waals surface area (Å²) in [4.78, 5) is 24.7. The Kier molecular flexibility index (Phi) is 6.12. The van der Waals surface area contributed by atoms with E-state index >= 15 is 0 Å². The minimum atomic E-state index is -0.892. The van der Waals surface area contributed by atoms with Gasteiger partial charge in [0.25, 0.3) is 0 Å². The van der Waals surface area contributed by atoms with Crippen LogP contribution < -0.4 is 4.74 Å². The topological polar surface area (TPSA) is 57.5 Å². The largest absolute Gasteiger partial charge is 0.497 e. The molecule has 0 fully saturated rings. The number of halogens is 1. The van der Waals surface area contributed by atoms with E-state index in [2.05, 4.69) is 0 Å². The van der Waals surface area contributed by atoms with Crippen LogP contribution in [0.25, 0.3) is 0 Å². The third-order valence-electron chi connectivity index (χ3n) is 4.79. The van der Waals surface area contributed by atoms with E-state index in [1.807, 2.05) is 48.7 Å². The molecular formula is C23H22FNO4. The summed E-state index contributed by atoms with van der Waals surface area (Å²) >= 11 is 0. The molecule has 0 spiro atoms. The van der Waals surface area contributed by atoms with E-state index in [0.29, 0.717) is 17.9 Å². The van der Waals surface area contributed by atoms with Gasteiger partial charge < -0.3 is 14.0 Å². The molecule has 0 saturated carbocycles. The summed E-state index contributed by atoms with van der Waals surface area (Å²) in [5.41, 5.74) is 3.09. The van der Waals surface area contributed by atoms with Crippen LogP contribution in [0.1, 0.15) is 37.7 Å². The van der Waals surface area contributed by atoms with Gasteiger partial charge in [0.1, 0.15) is 11.6 Å². The van der Waals surface area contributed by atoms with Crippen molar-refractivity contribution < 1.29 is 23.5 Å². The summed E-state index contributed by atoms with van der Waals surface area (Å²) in [5, 5.41) is 0. The van der Waals surface area contributed by atoms with Gasteiger partial charge >= 0.3 is 5.97 Å². The zero-order valence-corrected chi connectivity index (χ0v) is 16.6. The molecule has 0 N–H and O–H groups in total. The Labute approximate surface area is 168 Å². The quantitative estimate of drug-likeness (QED) is 0.441. The lowest BCUT2D eigenvalue weighted by Crippen LogP contribution is -2.16. The lowest BCUT2D eigenvalue weighted by Gasteiger charge is -2.10. The Morgan fingerprint density at radius 3 is 2.38 bits per heavy atom. The summed E-state index contributed by atoms with van der Waals surface area (Å²) in [6, 6.07) is 15.5. The van der Waals surface area contributed by atoms with E-state index in [4.69, 9.17) is 9.47 Å². The number of carbonyl (C=O) groups excluding carboxylic acids is 2. The molecule has 29 heavy (non-hydrogen) atoms. The van der Waals surface area contributed by atoms with Crippen LogP contribution >= 0.6 is 0 Å². The highest BCUT2D eigenvalue weighted by atomic mass is 19.1. The number of carbonyl (C=O) groups is 2. The number of aromatic nitrogens is 1. The number of ether oxygens (including phenoxy) is 2. The molecule has 6 heteroatoms. The molecule has 1 heterocycles. The zero-order chi connectivity index (χ0) is 21.0. The lowest BCUT2D eigenvalue weighted by molar-refractivity contribution is 0.0470. The van der Waals surface area contributed by atoms with E-state index in [-0.39, 0.29) is 11.3 Å². The molecule has 2 aromatic carbocycles. The number of hydrogen-bond donors (Lipinski definition) is 0. The van der Waals surface area contributed by atoms with Crippen LogP contribution in [0.3, 0.4) is 0 Å². The molecule has 0 aliphatic carbocycles. The Hall–Kier alpha value is -3.41. The number of ketones is 1. The van der Waals surface area contributed by atoms with Gasteiger partial charge in [-0.3, -0.25) is 4.79 Å². The van der Waals surface area contributed by atoms with Crippen LogP contribution in [-0.4, -0.2) is 30.0 Å². The maximum Gasteiger partial charge on any atom is 0.341 e. The highest BCUT2D eigenvalue weighted by Crippen LogP contribution is 2.19. The van der Waals surface area contributed by atoms with Crippen molar-refractivity contribution in [3.05, 3.63) is 88.5 Å². The molecule has 0 aliphatic heterocycles. The van der Waals surface area contributed by atoms with Crippen molar-refractivity contribution in [2.45, 2.75) is 20.4 Å². The highest BCUT2D eigenvalue weighted by Gasteiger charge is 2.19. The van der Waals surface area contributed by atoms with E-state index in [1.54, 1.807) is 6.07 Å². The molecular weight excluding hydrogens is 373 g/mol. The second kappa shape index (κ2) is 8.73. The van der Waals surface area contributed by atoms with Crippen molar-refractivity contribution in [3.8, 4) is 5.75 Å². The number of benzene rings is 2. The summed E-state index contributed by atoms with van der Waals surface area (Å²) in [7, 11) is 1.40. The first-order valence-electron chi connectivity index (χ1n) is 9.15. The summed E-state index contributed by atoms with van der Waals surface area (Å²) in [5.74, 6) is -1.69. The van der Waals surface area contributed by atoms with E-state index < -0.39 is 18.4 Å². The van der Waals surface area contributed by atoms with Gasteiger partial charge in [0.05, 0.1) is 12.7 Å². The number of Topliss-reactive ketones (excluding diaryl/α,β-unsaturated/α-hetero) is 1. The summed E-state index contributed by atoms with van der Waals surface area (Å²) in [6.07, 6.45) is 0. The summed E-state index contributed by atoms with van der Waals surface area (Å²) in [6.45, 7) is 3.96. The Morgan fingerprint density at radius 1 is 1.00 bits per heavy atom. The molecule has 0 bridgehead atoms. The minimum Gasteiger partial charge on any atom is -0.497 e. The molecule has 0 radical (unpaired) electrons. The predicted octanol–water partition coefficient (Wildman–Crippen LogP) is 4.34. The molecule has 3 aromatic rings. The fourth-order valence-corrected chi connectivity index (χ4v) is 3.17. The second-order valence-electron chi connectivity index (χ2n) is 6.70. The molecule has 5 nitrogen and oxygen atoms in total. The van der Waals surface area contributed by atoms with Crippen LogP contribution in [0.2, 0.25) is 0 Å². The number of aryl methyl sites for hydroxylation is 1. The van der Waals surface area contributed by atoms with Gasteiger partial charge in [-0.15, -0.1) is 0 Å². The first-order chi connectivity index (χ1) is 13.9. The molecule has 0 amide bonds. The highest BCUT2D eigenvalue weighted by molar-refractivity contribution is 6.00. The van der Waals surface area contributed by atoms with Gasteiger partial charge in [0.2, 0.25) is 5.78 Å². The Morgan fingerprint density at radius 2 is 1.72 bits per heavy atom. The van der Waals surface area contributed by atoms with E-state index in [1.165, 1.54) is 19.2 Å². The molecule has 0 aliphatic rings. The zero-order valence-electron chi connectivity index (χ0n) is 16.6. The van der Waals surface area contributed by atoms with Gasteiger partial charge in [0, 0.05) is 29.6 Å². The SMILES string of the molecule is COc1ccc(C(=O)OCC(=O)c2cc(C)n(Cc3ccccc3)c2C)c(F)c1. The second-order valence-corrected chi connectivity index (χ2v) is 6.70. The van der Waals surface area contributed by atoms with Crippen molar-refractivity contribution in [3.63, 3.8) is 0 Å². The van der Waals surface area contributed by atoms with Crippen LogP contribution in [0.15, 0.2) is 54.6 Å². The van der Waals surface area contributed by atoms with Gasteiger partial charge in [-0.25, -0.2) is 9.18 Å². The third kappa shape index (κ3) is 4.54. The Balaban J connectivity index is 1.70. The number of rotatable bonds is 7. The molecule has 0 saturated heterocycles. The first kappa shape index (κ1) is 20.3. The maximum absolute atomic E-state index is 14.0.